The number of carbonyl (C=O) groups is 5. The molecular formula is C28H26BrNO9. The Morgan fingerprint density at radius 1 is 1.08 bits per heavy atom. The molecule has 3 aliphatic carbocycles. The lowest BCUT2D eigenvalue weighted by molar-refractivity contribution is -0.142. The normalized spacial score (nSPS) is 26.1. The number of phenols is 1. The number of allylic oxidation sites excluding steroid dienone is 6. The van der Waals surface area contributed by atoms with Gasteiger partial charge in [-0.1, -0.05) is 11.6 Å². The van der Waals surface area contributed by atoms with Crippen LogP contribution in [0, 0.1) is 17.8 Å². The van der Waals surface area contributed by atoms with Gasteiger partial charge in [-0.15, -0.1) is 0 Å². The van der Waals surface area contributed by atoms with Gasteiger partial charge in [-0.2, -0.15) is 0 Å². The van der Waals surface area contributed by atoms with Crippen LogP contribution in [0.4, 0.5) is 0 Å². The molecule has 0 bridgehead atoms. The van der Waals surface area contributed by atoms with Gasteiger partial charge in [0, 0.05) is 36.1 Å². The molecule has 4 aliphatic rings. The van der Waals surface area contributed by atoms with Crippen molar-refractivity contribution in [2.24, 2.45) is 17.8 Å². The van der Waals surface area contributed by atoms with E-state index >= 15 is 0 Å². The van der Waals surface area contributed by atoms with Crippen LogP contribution in [0.2, 0.25) is 0 Å². The average Bonchev–Trinajstić information content (AvgIpc) is 3.15. The van der Waals surface area contributed by atoms with Gasteiger partial charge < -0.3 is 19.7 Å². The summed E-state index contributed by atoms with van der Waals surface area (Å²) >= 11 is 3.19. The highest BCUT2D eigenvalue weighted by Crippen LogP contribution is 2.56. The Labute approximate surface area is 232 Å². The van der Waals surface area contributed by atoms with Crippen LogP contribution in [-0.2, 0) is 24.0 Å². The summed E-state index contributed by atoms with van der Waals surface area (Å²) in [5.41, 5.74) is 1.84. The number of phenolic OH excluding ortho intramolecular Hbond substituents is 1. The maximum Gasteiger partial charge on any atom is 0.303 e. The minimum atomic E-state index is -1.01. The lowest BCUT2D eigenvalue weighted by Gasteiger charge is -2.42. The highest BCUT2D eigenvalue weighted by atomic mass is 79.9. The number of rotatable bonds is 7. The van der Waals surface area contributed by atoms with Crippen LogP contribution in [0.25, 0.3) is 0 Å². The van der Waals surface area contributed by atoms with Crippen LogP contribution in [0.15, 0.2) is 45.5 Å². The Balaban J connectivity index is 1.62. The molecule has 10 nitrogen and oxygen atoms in total. The maximum absolute atomic E-state index is 13.6. The van der Waals surface area contributed by atoms with Crippen molar-refractivity contribution in [3.05, 3.63) is 51.0 Å². The summed E-state index contributed by atoms with van der Waals surface area (Å²) < 4.78 is 10.8. The standard InChI is InChI=1S/C28H26BrNO9/c1-38-19-8-12(9-20(39-2)26(19)35)22-13-5-6-14-23(28(37)30(27(14)36)7-3-4-21(32)33)15(13)10-16-24(22)18(31)11-17(29)25(16)34/h5,8-9,11,14-15,22-23,35H,3-4,6-7,10H2,1-2H3,(H,32,33)/t14-,15+,22-,23-/m0/s1. The molecule has 1 fully saturated rings. The lowest BCUT2D eigenvalue weighted by atomic mass is 9.59. The fourth-order valence-electron chi connectivity index (χ4n) is 6.34. The smallest absolute Gasteiger partial charge is 0.303 e. The number of hydrogen-bond donors (Lipinski definition) is 2. The van der Waals surface area contributed by atoms with Crippen molar-refractivity contribution in [1.29, 1.82) is 0 Å². The monoisotopic (exact) mass is 599 g/mol. The lowest BCUT2D eigenvalue weighted by Crippen LogP contribution is -2.39. The van der Waals surface area contributed by atoms with Crippen molar-refractivity contribution in [2.75, 3.05) is 20.8 Å². The number of carboxylic acids is 1. The third kappa shape index (κ3) is 4.28. The minimum absolute atomic E-state index is 0.00839. The highest BCUT2D eigenvalue weighted by molar-refractivity contribution is 9.12. The number of halogens is 1. The first-order valence-electron chi connectivity index (χ1n) is 12.5. The molecule has 2 amide bonds. The van der Waals surface area contributed by atoms with E-state index in [1.807, 2.05) is 6.08 Å². The molecule has 39 heavy (non-hydrogen) atoms. The number of methoxy groups -OCH3 is 2. The number of carboxylic acid groups (broad SMARTS) is 1. The van der Waals surface area contributed by atoms with E-state index in [0.717, 1.165) is 10.5 Å². The Morgan fingerprint density at radius 2 is 1.74 bits per heavy atom. The Bertz CT molecular complexity index is 1400. The number of amides is 2. The SMILES string of the molecule is COc1cc([C@H]2C3=CC[C@@H]4C(=O)N(CCCC(=O)O)C(=O)[C@@H]4[C@@H]3CC3=C2C(=O)C=C(Br)C3=O)cc(OC)c1O. The van der Waals surface area contributed by atoms with Gasteiger partial charge in [-0.3, -0.25) is 28.9 Å². The molecule has 204 valence electrons. The van der Waals surface area contributed by atoms with Gasteiger partial charge in [0.1, 0.15) is 0 Å². The highest BCUT2D eigenvalue weighted by Gasteiger charge is 2.56. The second-order valence-corrected chi connectivity index (χ2v) is 10.8. The van der Waals surface area contributed by atoms with Crippen LogP contribution in [0.3, 0.4) is 0 Å². The fraction of sp³-hybridized carbons (Fsp3) is 0.393. The first-order chi connectivity index (χ1) is 18.6. The summed E-state index contributed by atoms with van der Waals surface area (Å²) in [5.74, 6) is -5.08. The number of aromatic hydroxyl groups is 1. The zero-order chi connectivity index (χ0) is 28.2. The van der Waals surface area contributed by atoms with Gasteiger partial charge in [0.15, 0.2) is 23.1 Å². The van der Waals surface area contributed by atoms with Crippen LogP contribution in [0.1, 0.15) is 37.2 Å². The molecule has 2 N–H and O–H groups in total. The predicted molar refractivity (Wildman–Crippen MR) is 139 cm³/mol. The number of carbonyl (C=O) groups excluding carboxylic acids is 4. The topological polar surface area (TPSA) is 148 Å². The number of ketones is 2. The molecule has 1 aromatic rings. The van der Waals surface area contributed by atoms with E-state index in [2.05, 4.69) is 15.9 Å². The Morgan fingerprint density at radius 3 is 2.36 bits per heavy atom. The van der Waals surface area contributed by atoms with Gasteiger partial charge >= 0.3 is 5.97 Å². The molecule has 1 aliphatic heterocycles. The number of aliphatic carboxylic acids is 1. The van der Waals surface area contributed by atoms with E-state index in [0.29, 0.717) is 5.56 Å². The third-order valence-corrected chi connectivity index (χ3v) is 8.62. The molecule has 1 aromatic carbocycles. The second-order valence-electron chi connectivity index (χ2n) is 9.99. The van der Waals surface area contributed by atoms with Crippen molar-refractivity contribution in [2.45, 2.75) is 31.6 Å². The molecule has 1 saturated heterocycles. The van der Waals surface area contributed by atoms with Crippen molar-refractivity contribution in [1.82, 2.24) is 4.90 Å². The summed E-state index contributed by atoms with van der Waals surface area (Å²) in [7, 11) is 2.77. The van der Waals surface area contributed by atoms with Crippen molar-refractivity contribution in [3.8, 4) is 17.2 Å². The average molecular weight is 600 g/mol. The van der Waals surface area contributed by atoms with E-state index < -0.39 is 29.6 Å². The number of hydrogen-bond acceptors (Lipinski definition) is 8. The van der Waals surface area contributed by atoms with Gasteiger partial charge in [0.25, 0.3) is 0 Å². The molecule has 0 radical (unpaired) electrons. The van der Waals surface area contributed by atoms with E-state index in [4.69, 9.17) is 14.6 Å². The van der Waals surface area contributed by atoms with E-state index in [1.165, 1.54) is 20.3 Å². The largest absolute Gasteiger partial charge is 0.502 e. The predicted octanol–water partition coefficient (Wildman–Crippen LogP) is 3.04. The molecule has 1 heterocycles. The number of benzene rings is 1. The molecule has 4 atom stereocenters. The molecule has 0 saturated carbocycles. The van der Waals surface area contributed by atoms with Gasteiger partial charge in [-0.05, 0) is 58.8 Å². The van der Waals surface area contributed by atoms with Crippen molar-refractivity contribution >= 4 is 45.3 Å². The van der Waals surface area contributed by atoms with Crippen LogP contribution >= 0.6 is 15.9 Å². The number of ether oxygens (including phenoxy) is 2. The van der Waals surface area contributed by atoms with Gasteiger partial charge in [0.05, 0.1) is 30.5 Å². The zero-order valence-electron chi connectivity index (χ0n) is 21.2. The molecular weight excluding hydrogens is 574 g/mol. The number of nitrogens with zero attached hydrogens (tertiary/aromatic N) is 1. The second kappa shape index (κ2) is 10.1. The van der Waals surface area contributed by atoms with Crippen molar-refractivity contribution in [3.63, 3.8) is 0 Å². The Hall–Kier alpha value is -3.73. The summed E-state index contributed by atoms with van der Waals surface area (Å²) in [6.45, 7) is 0.00839. The van der Waals surface area contributed by atoms with Crippen LogP contribution in [0.5, 0.6) is 17.2 Å². The zero-order valence-corrected chi connectivity index (χ0v) is 22.8. The van der Waals surface area contributed by atoms with E-state index in [1.54, 1.807) is 12.1 Å². The minimum Gasteiger partial charge on any atom is -0.502 e. The first kappa shape index (κ1) is 26.9. The molecule has 0 aromatic heterocycles. The summed E-state index contributed by atoms with van der Waals surface area (Å²) in [4.78, 5) is 65.6. The Kier molecular flexibility index (Phi) is 6.96. The number of fused-ring (bicyclic) bond motifs is 3. The molecule has 0 unspecified atom stereocenters. The van der Waals surface area contributed by atoms with Crippen LogP contribution in [-0.4, -0.2) is 65.2 Å². The number of likely N-dealkylation sites (tertiary alicyclic amines) is 1. The summed E-state index contributed by atoms with van der Waals surface area (Å²) in [5, 5.41) is 19.5. The first-order valence-corrected chi connectivity index (χ1v) is 13.3. The van der Waals surface area contributed by atoms with Crippen LogP contribution < -0.4 is 9.47 Å². The number of imide groups is 1. The van der Waals surface area contributed by atoms with Gasteiger partial charge in [0.2, 0.25) is 17.6 Å². The summed E-state index contributed by atoms with van der Waals surface area (Å²) in [6, 6.07) is 3.15. The molecule has 11 heteroatoms. The van der Waals surface area contributed by atoms with E-state index in [-0.39, 0.29) is 88.5 Å². The summed E-state index contributed by atoms with van der Waals surface area (Å²) in [6.07, 6.45) is 3.48. The molecule has 5 rings (SSSR count). The quantitative estimate of drug-likeness (QED) is 0.274. The fourth-order valence-corrected chi connectivity index (χ4v) is 6.79. The molecule has 0 spiro atoms. The van der Waals surface area contributed by atoms with E-state index in [9.17, 15) is 29.1 Å². The van der Waals surface area contributed by atoms with Crippen molar-refractivity contribution < 1.29 is 43.7 Å². The number of Topliss-reactive ketones (excluding diaryl/α,β-unsaturated/α-hetero) is 1. The third-order valence-electron chi connectivity index (χ3n) is 8.03. The van der Waals surface area contributed by atoms with Gasteiger partial charge in [-0.25, -0.2) is 0 Å². The maximum atomic E-state index is 13.6.